The zero-order valence-electron chi connectivity index (χ0n) is 30.1. The quantitative estimate of drug-likeness (QED) is 0.123. The summed E-state index contributed by atoms with van der Waals surface area (Å²) < 4.78 is 6.14. The van der Waals surface area contributed by atoms with Gasteiger partial charge in [0.1, 0.15) is 6.10 Å². The molecule has 0 heterocycles. The van der Waals surface area contributed by atoms with Crippen molar-refractivity contribution < 1.29 is 9.53 Å². The van der Waals surface area contributed by atoms with Crippen LogP contribution in [-0.4, -0.2) is 12.1 Å². The number of carbonyl (C=O) groups excluding carboxylic acids is 1. The Balaban J connectivity index is 1.22. The maximum atomic E-state index is 12.7. The van der Waals surface area contributed by atoms with Crippen molar-refractivity contribution in [2.24, 2.45) is 58.2 Å². The molecule has 250 valence electrons. The summed E-state index contributed by atoms with van der Waals surface area (Å²) in [4.78, 5) is 12.7. The van der Waals surface area contributed by atoms with Gasteiger partial charge in [-0.25, -0.2) is 0 Å². The lowest BCUT2D eigenvalue weighted by molar-refractivity contribution is -0.162. The molecule has 4 aliphatic carbocycles. The summed E-state index contributed by atoms with van der Waals surface area (Å²) in [6.45, 7) is 17.6. The highest BCUT2D eigenvalue weighted by molar-refractivity contribution is 5.69. The SMILES string of the molecule is CCCCCCCCCCCC(=O)OC1CC[C@@]2(C)C(CC[C@H]3[C@@H]4CC[C@H]([C@H](C)CC[C@@H](CC)C(C)C)[C@@]4(C)CC[C@@H]32)C1. The molecule has 0 aromatic rings. The summed E-state index contributed by atoms with van der Waals surface area (Å²) in [5.74, 6) is 7.21. The van der Waals surface area contributed by atoms with E-state index in [1.54, 1.807) is 0 Å². The zero-order valence-corrected chi connectivity index (χ0v) is 30.1. The van der Waals surface area contributed by atoms with Crippen LogP contribution in [0.15, 0.2) is 0 Å². The van der Waals surface area contributed by atoms with Crippen molar-refractivity contribution in [2.75, 3.05) is 0 Å². The smallest absolute Gasteiger partial charge is 0.306 e. The van der Waals surface area contributed by atoms with Crippen molar-refractivity contribution >= 4 is 5.97 Å². The molecule has 0 N–H and O–H groups in total. The van der Waals surface area contributed by atoms with Crippen LogP contribution in [0.3, 0.4) is 0 Å². The summed E-state index contributed by atoms with van der Waals surface area (Å²) >= 11 is 0. The van der Waals surface area contributed by atoms with Gasteiger partial charge in [-0.15, -0.1) is 0 Å². The molecule has 4 saturated carbocycles. The third-order valence-corrected chi connectivity index (χ3v) is 14.6. The van der Waals surface area contributed by atoms with Crippen LogP contribution in [0.25, 0.3) is 0 Å². The van der Waals surface area contributed by atoms with E-state index in [0.717, 1.165) is 66.6 Å². The van der Waals surface area contributed by atoms with Crippen LogP contribution in [0.1, 0.15) is 190 Å². The Labute approximate surface area is 269 Å². The highest BCUT2D eigenvalue weighted by atomic mass is 16.5. The van der Waals surface area contributed by atoms with Gasteiger partial charge in [0.25, 0.3) is 0 Å². The Hall–Kier alpha value is -0.530. The van der Waals surface area contributed by atoms with E-state index in [-0.39, 0.29) is 12.1 Å². The van der Waals surface area contributed by atoms with Crippen LogP contribution in [0.5, 0.6) is 0 Å². The molecular weight excluding hydrogens is 524 g/mol. The van der Waals surface area contributed by atoms with Crippen molar-refractivity contribution in [1.82, 2.24) is 0 Å². The van der Waals surface area contributed by atoms with Crippen LogP contribution < -0.4 is 0 Å². The fraction of sp³-hybridized carbons (Fsp3) is 0.976. The molecule has 0 radical (unpaired) electrons. The van der Waals surface area contributed by atoms with Gasteiger partial charge in [0.15, 0.2) is 0 Å². The maximum Gasteiger partial charge on any atom is 0.306 e. The average molecular weight is 599 g/mol. The second-order valence-electron chi connectivity index (χ2n) is 17.3. The van der Waals surface area contributed by atoms with E-state index in [0.29, 0.717) is 17.3 Å². The third-order valence-electron chi connectivity index (χ3n) is 14.6. The van der Waals surface area contributed by atoms with Gasteiger partial charge in [-0.1, -0.05) is 113 Å². The molecule has 0 saturated heterocycles. The minimum atomic E-state index is 0.0865. The molecule has 4 aliphatic rings. The highest BCUT2D eigenvalue weighted by Gasteiger charge is 2.60. The molecule has 0 spiro atoms. The van der Waals surface area contributed by atoms with Gasteiger partial charge in [-0.2, -0.15) is 0 Å². The number of esters is 1. The summed E-state index contributed by atoms with van der Waals surface area (Å²) in [7, 11) is 0. The van der Waals surface area contributed by atoms with E-state index >= 15 is 0 Å². The fourth-order valence-corrected chi connectivity index (χ4v) is 11.8. The van der Waals surface area contributed by atoms with Crippen LogP contribution in [0, 0.1) is 58.2 Å². The topological polar surface area (TPSA) is 26.3 Å². The largest absolute Gasteiger partial charge is 0.462 e. The molecule has 43 heavy (non-hydrogen) atoms. The van der Waals surface area contributed by atoms with Crippen molar-refractivity contribution in [3.05, 3.63) is 0 Å². The summed E-state index contributed by atoms with van der Waals surface area (Å²) in [6, 6.07) is 0. The number of carbonyl (C=O) groups is 1. The average Bonchev–Trinajstić information content (AvgIpc) is 3.34. The lowest BCUT2D eigenvalue weighted by atomic mass is 9.44. The van der Waals surface area contributed by atoms with E-state index in [9.17, 15) is 4.79 Å². The summed E-state index contributed by atoms with van der Waals surface area (Å²) in [6.07, 6.45) is 29.0. The van der Waals surface area contributed by atoms with Crippen LogP contribution in [-0.2, 0) is 9.53 Å². The Morgan fingerprint density at radius 1 is 0.744 bits per heavy atom. The molecule has 4 rings (SSSR count). The molecule has 0 bridgehead atoms. The third kappa shape index (κ3) is 8.44. The first-order chi connectivity index (χ1) is 20.6. The Morgan fingerprint density at radius 2 is 1.40 bits per heavy atom. The van der Waals surface area contributed by atoms with Crippen molar-refractivity contribution in [1.29, 1.82) is 0 Å². The van der Waals surface area contributed by atoms with Gasteiger partial charge in [0.2, 0.25) is 0 Å². The number of ether oxygens (including phenoxy) is 1. The fourth-order valence-electron chi connectivity index (χ4n) is 11.8. The number of unbranched alkanes of at least 4 members (excludes halogenated alkanes) is 8. The normalized spacial score (nSPS) is 36.9. The van der Waals surface area contributed by atoms with E-state index in [2.05, 4.69) is 48.5 Å². The molecule has 2 heteroatoms. The van der Waals surface area contributed by atoms with Gasteiger partial charge in [0.05, 0.1) is 0 Å². The molecular formula is C41H74O2. The second kappa shape index (κ2) is 16.3. The predicted octanol–water partition coefficient (Wildman–Crippen LogP) is 12.6. The first-order valence-electron chi connectivity index (χ1n) is 19.8. The van der Waals surface area contributed by atoms with Crippen molar-refractivity contribution in [3.63, 3.8) is 0 Å². The summed E-state index contributed by atoms with van der Waals surface area (Å²) in [5.41, 5.74) is 1.05. The monoisotopic (exact) mass is 599 g/mol. The van der Waals surface area contributed by atoms with Crippen molar-refractivity contribution in [2.45, 2.75) is 196 Å². The minimum absolute atomic E-state index is 0.0865. The standard InChI is InChI=1S/C41H74O2/c1-8-10-11-12-13-14-15-16-17-18-39(42)43-34-25-27-40(6)33(29-34)21-22-35-37-24-23-36(41(37,7)28-26-38(35)40)31(5)19-20-32(9-2)30(3)4/h30-38H,8-29H2,1-7H3/t31-,32-,33?,34?,35+,36-,37+,38+,40+,41-/m1/s1. The lowest BCUT2D eigenvalue weighted by Gasteiger charge is -2.61. The molecule has 2 unspecified atom stereocenters. The maximum absolute atomic E-state index is 12.7. The van der Waals surface area contributed by atoms with Gasteiger partial charge in [0, 0.05) is 6.42 Å². The Morgan fingerprint density at radius 3 is 2.07 bits per heavy atom. The Kier molecular flexibility index (Phi) is 13.4. The molecule has 2 nitrogen and oxygen atoms in total. The number of hydrogen-bond donors (Lipinski definition) is 0. The first kappa shape index (κ1) is 35.3. The van der Waals surface area contributed by atoms with Gasteiger partial charge < -0.3 is 4.74 Å². The van der Waals surface area contributed by atoms with E-state index in [4.69, 9.17) is 4.74 Å². The van der Waals surface area contributed by atoms with E-state index < -0.39 is 0 Å². The molecule has 0 amide bonds. The van der Waals surface area contributed by atoms with Crippen LogP contribution in [0.4, 0.5) is 0 Å². The lowest BCUT2D eigenvalue weighted by Crippen LogP contribution is -2.54. The number of rotatable bonds is 17. The van der Waals surface area contributed by atoms with Crippen LogP contribution in [0.2, 0.25) is 0 Å². The highest BCUT2D eigenvalue weighted by Crippen LogP contribution is 2.68. The van der Waals surface area contributed by atoms with Crippen LogP contribution >= 0.6 is 0 Å². The van der Waals surface area contributed by atoms with Gasteiger partial charge >= 0.3 is 5.97 Å². The Bertz CT molecular complexity index is 834. The predicted molar refractivity (Wildman–Crippen MR) is 184 cm³/mol. The molecule has 0 aromatic heterocycles. The van der Waals surface area contributed by atoms with E-state index in [1.165, 1.54) is 116 Å². The second-order valence-corrected chi connectivity index (χ2v) is 17.3. The van der Waals surface area contributed by atoms with E-state index in [1.807, 2.05) is 0 Å². The zero-order chi connectivity index (χ0) is 31.0. The summed E-state index contributed by atoms with van der Waals surface area (Å²) in [5, 5.41) is 0. The molecule has 4 fully saturated rings. The molecule has 0 aromatic carbocycles. The minimum Gasteiger partial charge on any atom is -0.462 e. The number of hydrogen-bond acceptors (Lipinski definition) is 2. The molecule has 0 aliphatic heterocycles. The van der Waals surface area contributed by atoms with Gasteiger partial charge in [-0.3, -0.25) is 4.79 Å². The first-order valence-corrected chi connectivity index (χ1v) is 19.8. The van der Waals surface area contributed by atoms with Crippen molar-refractivity contribution in [3.8, 4) is 0 Å². The number of fused-ring (bicyclic) bond motifs is 5. The van der Waals surface area contributed by atoms with Gasteiger partial charge in [-0.05, 0) is 129 Å². The molecule has 10 atom stereocenters.